The van der Waals surface area contributed by atoms with Crippen molar-refractivity contribution < 1.29 is 14.0 Å². The van der Waals surface area contributed by atoms with Crippen LogP contribution in [0.4, 0.5) is 4.39 Å². The second-order valence-electron chi connectivity index (χ2n) is 6.16. The lowest BCUT2D eigenvalue weighted by Crippen LogP contribution is -2.46. The highest BCUT2D eigenvalue weighted by molar-refractivity contribution is 7.21. The van der Waals surface area contributed by atoms with Gasteiger partial charge in [0.15, 0.2) is 0 Å². The number of amides is 2. The van der Waals surface area contributed by atoms with E-state index in [9.17, 15) is 14.0 Å². The summed E-state index contributed by atoms with van der Waals surface area (Å²) in [6.07, 6.45) is 1.55. The fourth-order valence-electron chi connectivity index (χ4n) is 3.18. The predicted molar refractivity (Wildman–Crippen MR) is 92.6 cm³/mol. The number of benzene rings is 1. The maximum absolute atomic E-state index is 14.0. The summed E-state index contributed by atoms with van der Waals surface area (Å²) in [7, 11) is 0. The highest BCUT2D eigenvalue weighted by Crippen LogP contribution is 2.32. The van der Waals surface area contributed by atoms with Crippen LogP contribution in [-0.2, 0) is 4.79 Å². The molecule has 0 aliphatic carbocycles. The van der Waals surface area contributed by atoms with Crippen LogP contribution in [0.5, 0.6) is 0 Å². The highest BCUT2D eigenvalue weighted by Gasteiger charge is 2.24. The molecule has 1 fully saturated rings. The van der Waals surface area contributed by atoms with Gasteiger partial charge in [-0.15, -0.1) is 11.3 Å². The van der Waals surface area contributed by atoms with Crippen LogP contribution in [0.1, 0.15) is 28.1 Å². The lowest BCUT2D eigenvalue weighted by Gasteiger charge is -2.31. The van der Waals surface area contributed by atoms with Gasteiger partial charge >= 0.3 is 0 Å². The molecule has 1 aliphatic heterocycles. The SMILES string of the molecule is Cc1c(C(=O)NC2CCN(CC(N)=O)CC2)sc2cccc(F)c12. The van der Waals surface area contributed by atoms with E-state index < -0.39 is 0 Å². The summed E-state index contributed by atoms with van der Waals surface area (Å²) in [5.41, 5.74) is 5.89. The summed E-state index contributed by atoms with van der Waals surface area (Å²) < 4.78 is 14.7. The number of carbonyl (C=O) groups is 2. The van der Waals surface area contributed by atoms with Gasteiger partial charge < -0.3 is 11.1 Å². The Kier molecular flexibility index (Phi) is 4.82. The van der Waals surface area contributed by atoms with Gasteiger partial charge in [-0.05, 0) is 37.5 Å². The van der Waals surface area contributed by atoms with E-state index in [-0.39, 0.29) is 30.2 Å². The molecule has 1 aliphatic rings. The molecule has 128 valence electrons. The molecule has 0 bridgehead atoms. The number of carbonyl (C=O) groups excluding carboxylic acids is 2. The Labute approximate surface area is 143 Å². The molecule has 0 radical (unpaired) electrons. The quantitative estimate of drug-likeness (QED) is 0.887. The van der Waals surface area contributed by atoms with Crippen LogP contribution in [0, 0.1) is 12.7 Å². The van der Waals surface area contributed by atoms with Crippen molar-refractivity contribution >= 4 is 33.2 Å². The van der Waals surface area contributed by atoms with Gasteiger partial charge in [-0.2, -0.15) is 0 Å². The number of nitrogens with one attached hydrogen (secondary N) is 1. The smallest absolute Gasteiger partial charge is 0.261 e. The molecular weight excluding hydrogens is 329 g/mol. The minimum atomic E-state index is -0.333. The first-order valence-corrected chi connectivity index (χ1v) is 8.76. The first kappa shape index (κ1) is 16.9. The summed E-state index contributed by atoms with van der Waals surface area (Å²) in [4.78, 5) is 26.1. The van der Waals surface area contributed by atoms with Crippen molar-refractivity contribution in [1.82, 2.24) is 10.2 Å². The molecule has 24 heavy (non-hydrogen) atoms. The topological polar surface area (TPSA) is 75.4 Å². The number of nitrogens with zero attached hydrogens (tertiary/aromatic N) is 1. The number of fused-ring (bicyclic) bond motifs is 1. The molecule has 1 saturated heterocycles. The highest BCUT2D eigenvalue weighted by atomic mass is 32.1. The molecule has 0 saturated carbocycles. The maximum atomic E-state index is 14.0. The van der Waals surface area contributed by atoms with E-state index in [1.54, 1.807) is 13.0 Å². The Morgan fingerprint density at radius 2 is 2.08 bits per heavy atom. The summed E-state index contributed by atoms with van der Waals surface area (Å²) in [6, 6.07) is 4.97. The molecule has 2 amide bonds. The van der Waals surface area contributed by atoms with Crippen molar-refractivity contribution in [2.24, 2.45) is 5.73 Å². The predicted octanol–water partition coefficient (Wildman–Crippen LogP) is 2.03. The van der Waals surface area contributed by atoms with Crippen molar-refractivity contribution in [2.45, 2.75) is 25.8 Å². The molecule has 0 spiro atoms. The number of primary amides is 1. The van der Waals surface area contributed by atoms with Gasteiger partial charge in [0.05, 0.1) is 11.4 Å². The maximum Gasteiger partial charge on any atom is 0.261 e. The number of hydrogen-bond donors (Lipinski definition) is 2. The fourth-order valence-corrected chi connectivity index (χ4v) is 4.30. The number of rotatable bonds is 4. The van der Waals surface area contributed by atoms with Gasteiger partial charge in [-0.1, -0.05) is 6.07 Å². The number of piperidine rings is 1. The molecule has 2 aromatic rings. The Morgan fingerprint density at radius 1 is 1.38 bits per heavy atom. The second-order valence-corrected chi connectivity index (χ2v) is 7.21. The molecule has 3 N–H and O–H groups in total. The van der Waals surface area contributed by atoms with Crippen LogP contribution in [0.25, 0.3) is 10.1 Å². The average molecular weight is 349 g/mol. The first-order valence-electron chi connectivity index (χ1n) is 7.95. The third-order valence-corrected chi connectivity index (χ3v) is 5.67. The Bertz CT molecular complexity index is 781. The minimum absolute atomic E-state index is 0.0658. The zero-order valence-electron chi connectivity index (χ0n) is 13.5. The number of aryl methyl sites for hydroxylation is 1. The summed E-state index contributed by atoms with van der Waals surface area (Å²) in [5, 5.41) is 3.57. The largest absolute Gasteiger partial charge is 0.369 e. The Morgan fingerprint density at radius 3 is 2.71 bits per heavy atom. The van der Waals surface area contributed by atoms with Crippen LogP contribution >= 0.6 is 11.3 Å². The zero-order valence-corrected chi connectivity index (χ0v) is 14.3. The Balaban J connectivity index is 1.67. The molecule has 0 unspecified atom stereocenters. The lowest BCUT2D eigenvalue weighted by atomic mass is 10.0. The zero-order chi connectivity index (χ0) is 17.3. The number of halogens is 1. The van der Waals surface area contributed by atoms with Gasteiger partial charge in [0, 0.05) is 29.2 Å². The summed E-state index contributed by atoms with van der Waals surface area (Å²) in [5.74, 6) is -0.776. The molecule has 1 aromatic carbocycles. The van der Waals surface area contributed by atoms with Gasteiger partial charge in [-0.3, -0.25) is 14.5 Å². The second kappa shape index (κ2) is 6.86. The molecule has 7 heteroatoms. The third kappa shape index (κ3) is 3.42. The lowest BCUT2D eigenvalue weighted by molar-refractivity contribution is -0.119. The van der Waals surface area contributed by atoms with E-state index in [1.165, 1.54) is 17.4 Å². The van der Waals surface area contributed by atoms with Gasteiger partial charge in [0.25, 0.3) is 5.91 Å². The molecule has 0 atom stereocenters. The Hall–Kier alpha value is -1.99. The van der Waals surface area contributed by atoms with E-state index in [0.29, 0.717) is 15.8 Å². The van der Waals surface area contributed by atoms with E-state index in [4.69, 9.17) is 5.73 Å². The van der Waals surface area contributed by atoms with E-state index in [2.05, 4.69) is 5.32 Å². The van der Waals surface area contributed by atoms with E-state index in [1.807, 2.05) is 11.0 Å². The van der Waals surface area contributed by atoms with Gasteiger partial charge in [0.2, 0.25) is 5.91 Å². The first-order chi connectivity index (χ1) is 11.5. The van der Waals surface area contributed by atoms with Crippen LogP contribution in [0.2, 0.25) is 0 Å². The van der Waals surface area contributed by atoms with E-state index >= 15 is 0 Å². The standard InChI is InChI=1S/C17H20FN3O2S/c1-10-15-12(18)3-2-4-13(15)24-16(10)17(23)20-11-5-7-21(8-6-11)9-14(19)22/h2-4,11H,5-9H2,1H3,(H2,19,22)(H,20,23). The normalized spacial score (nSPS) is 16.4. The molecule has 5 nitrogen and oxygen atoms in total. The molecule has 2 heterocycles. The molecule has 3 rings (SSSR count). The van der Waals surface area contributed by atoms with Gasteiger partial charge in [-0.25, -0.2) is 4.39 Å². The van der Waals surface area contributed by atoms with Crippen molar-refractivity contribution in [3.63, 3.8) is 0 Å². The van der Waals surface area contributed by atoms with Crippen LogP contribution in [-0.4, -0.2) is 42.4 Å². The van der Waals surface area contributed by atoms with Crippen molar-refractivity contribution in [3.05, 3.63) is 34.5 Å². The number of nitrogens with two attached hydrogens (primary N) is 1. The molecule has 1 aromatic heterocycles. The average Bonchev–Trinajstić information content (AvgIpc) is 2.87. The van der Waals surface area contributed by atoms with Crippen LogP contribution in [0.15, 0.2) is 18.2 Å². The monoisotopic (exact) mass is 349 g/mol. The van der Waals surface area contributed by atoms with E-state index in [0.717, 1.165) is 30.6 Å². The van der Waals surface area contributed by atoms with Crippen LogP contribution in [0.3, 0.4) is 0 Å². The van der Waals surface area contributed by atoms with Crippen molar-refractivity contribution in [2.75, 3.05) is 19.6 Å². The fraction of sp³-hybridized carbons (Fsp3) is 0.412. The van der Waals surface area contributed by atoms with Crippen molar-refractivity contribution in [3.8, 4) is 0 Å². The summed E-state index contributed by atoms with van der Waals surface area (Å²) >= 11 is 1.32. The number of hydrogen-bond acceptors (Lipinski definition) is 4. The van der Waals surface area contributed by atoms with Crippen LogP contribution < -0.4 is 11.1 Å². The molecular formula is C17H20FN3O2S. The number of likely N-dealkylation sites (tertiary alicyclic amines) is 1. The minimum Gasteiger partial charge on any atom is -0.369 e. The number of thiophene rings is 1. The van der Waals surface area contributed by atoms with Gasteiger partial charge in [0.1, 0.15) is 5.82 Å². The van der Waals surface area contributed by atoms with Crippen molar-refractivity contribution in [1.29, 1.82) is 0 Å². The third-order valence-electron chi connectivity index (χ3n) is 4.41. The summed E-state index contributed by atoms with van der Waals surface area (Å²) in [6.45, 7) is 3.50.